The average Bonchev–Trinajstić information content (AvgIpc) is 2.32. The molecule has 20 heavy (non-hydrogen) atoms. The van der Waals surface area contributed by atoms with Crippen LogP contribution >= 0.6 is 71.0 Å². The minimum Gasteiger partial charge on any atom is -0.319 e. The van der Waals surface area contributed by atoms with Gasteiger partial charge in [-0.05, 0) is 30.3 Å². The van der Waals surface area contributed by atoms with Crippen molar-refractivity contribution in [1.29, 1.82) is 0 Å². The number of hydrogen-bond donors (Lipinski definition) is 1. The molecule has 0 spiro atoms. The highest BCUT2D eigenvalue weighted by molar-refractivity contribution is 9.11. The van der Waals surface area contributed by atoms with E-state index in [0.717, 1.165) is 13.4 Å². The molecule has 0 fully saturated rings. The summed E-state index contributed by atoms with van der Waals surface area (Å²) in [7, 11) is 0. The first-order valence-corrected chi connectivity index (χ1v) is 8.42. The van der Waals surface area contributed by atoms with Crippen LogP contribution in [0.4, 0.5) is 5.69 Å². The second-order valence-electron chi connectivity index (χ2n) is 3.86. The van der Waals surface area contributed by atoms with Crippen LogP contribution in [-0.4, -0.2) is 5.91 Å². The Hall–Kier alpha value is -0.0700. The molecule has 2 aromatic carbocycles. The van der Waals surface area contributed by atoms with Gasteiger partial charge in [0.2, 0.25) is 0 Å². The van der Waals surface area contributed by atoms with Gasteiger partial charge in [-0.1, -0.05) is 71.0 Å². The van der Waals surface area contributed by atoms with Crippen molar-refractivity contribution in [3.63, 3.8) is 0 Å². The van der Waals surface area contributed by atoms with Gasteiger partial charge in [0, 0.05) is 19.0 Å². The van der Waals surface area contributed by atoms with Gasteiger partial charge in [0.25, 0.3) is 5.91 Å². The van der Waals surface area contributed by atoms with Gasteiger partial charge in [0.05, 0.1) is 15.7 Å². The Bertz CT molecular complexity index is 648. The van der Waals surface area contributed by atoms with Crippen molar-refractivity contribution in [2.45, 2.75) is 0 Å². The molecule has 104 valence electrons. The van der Waals surface area contributed by atoms with Gasteiger partial charge >= 0.3 is 0 Å². The Morgan fingerprint density at radius 2 is 1.30 bits per heavy atom. The molecule has 7 heteroatoms. The number of amides is 1. The van der Waals surface area contributed by atoms with Crippen LogP contribution < -0.4 is 5.32 Å². The lowest BCUT2D eigenvalue weighted by molar-refractivity contribution is 0.102. The molecular formula is C13H6Br3Cl2NO. The number of rotatable bonds is 2. The summed E-state index contributed by atoms with van der Waals surface area (Å²) in [6, 6.07) is 8.59. The largest absolute Gasteiger partial charge is 0.319 e. The minimum atomic E-state index is -0.293. The predicted molar refractivity (Wildman–Crippen MR) is 94.0 cm³/mol. The van der Waals surface area contributed by atoms with Gasteiger partial charge in [-0.25, -0.2) is 0 Å². The molecule has 0 radical (unpaired) electrons. The summed E-state index contributed by atoms with van der Waals surface area (Å²) in [5.74, 6) is -0.293. The Labute approximate surface area is 151 Å². The highest BCUT2D eigenvalue weighted by Gasteiger charge is 2.13. The summed E-state index contributed by atoms with van der Waals surface area (Å²) in [6.07, 6.45) is 0. The summed E-state index contributed by atoms with van der Waals surface area (Å²) < 4.78 is 2.34. The molecule has 0 heterocycles. The van der Waals surface area contributed by atoms with Crippen LogP contribution in [0.3, 0.4) is 0 Å². The number of hydrogen-bond acceptors (Lipinski definition) is 1. The number of halogens is 5. The first kappa shape index (κ1) is 16.3. The van der Waals surface area contributed by atoms with E-state index in [1.165, 1.54) is 0 Å². The maximum atomic E-state index is 12.2. The molecule has 0 saturated carbocycles. The maximum absolute atomic E-state index is 12.2. The molecule has 0 aliphatic rings. The third-order valence-electron chi connectivity index (χ3n) is 2.37. The summed E-state index contributed by atoms with van der Waals surface area (Å²) in [6.45, 7) is 0. The van der Waals surface area contributed by atoms with Gasteiger partial charge in [-0.2, -0.15) is 0 Å². The van der Waals surface area contributed by atoms with Crippen LogP contribution in [-0.2, 0) is 0 Å². The van der Waals surface area contributed by atoms with E-state index in [9.17, 15) is 4.79 Å². The molecule has 0 atom stereocenters. The zero-order valence-electron chi connectivity index (χ0n) is 9.68. The van der Waals surface area contributed by atoms with Crippen molar-refractivity contribution >= 4 is 82.6 Å². The zero-order chi connectivity index (χ0) is 14.9. The standard InChI is InChI=1S/C13H6Br3Cl2NO/c14-7-1-6(2-8(15)3-7)13(20)19-12-10(17)4-9(16)5-11(12)18/h1-5H,(H,19,20). The van der Waals surface area contributed by atoms with Crippen molar-refractivity contribution in [2.75, 3.05) is 5.32 Å². The Morgan fingerprint density at radius 1 is 0.850 bits per heavy atom. The third-order valence-corrected chi connectivity index (χ3v) is 4.34. The van der Waals surface area contributed by atoms with E-state index in [2.05, 4.69) is 53.1 Å². The summed E-state index contributed by atoms with van der Waals surface area (Å²) in [5.41, 5.74) is 0.874. The molecule has 2 rings (SSSR count). The average molecular weight is 503 g/mol. The van der Waals surface area contributed by atoms with E-state index in [1.54, 1.807) is 24.3 Å². The van der Waals surface area contributed by atoms with Gasteiger partial charge < -0.3 is 5.32 Å². The first-order valence-electron chi connectivity index (χ1n) is 5.29. The normalized spacial score (nSPS) is 10.4. The molecule has 0 unspecified atom stereocenters. The lowest BCUT2D eigenvalue weighted by atomic mass is 10.2. The van der Waals surface area contributed by atoms with Gasteiger partial charge in [0.15, 0.2) is 0 Å². The zero-order valence-corrected chi connectivity index (χ0v) is 16.0. The van der Waals surface area contributed by atoms with Crippen LogP contribution in [0.2, 0.25) is 10.0 Å². The van der Waals surface area contributed by atoms with Crippen molar-refractivity contribution in [3.8, 4) is 0 Å². The molecule has 0 bridgehead atoms. The van der Waals surface area contributed by atoms with Crippen LogP contribution in [0.25, 0.3) is 0 Å². The molecule has 1 N–H and O–H groups in total. The SMILES string of the molecule is O=C(Nc1c(Cl)cc(Br)cc1Cl)c1cc(Br)cc(Br)c1. The second-order valence-corrected chi connectivity index (χ2v) is 7.42. The molecule has 2 nitrogen and oxygen atoms in total. The fraction of sp³-hybridized carbons (Fsp3) is 0. The number of anilines is 1. The van der Waals surface area contributed by atoms with Gasteiger partial charge in [-0.3, -0.25) is 4.79 Å². The molecule has 0 aliphatic heterocycles. The Kier molecular flexibility index (Phi) is 5.54. The van der Waals surface area contributed by atoms with Gasteiger partial charge in [0.1, 0.15) is 0 Å². The minimum absolute atomic E-state index is 0.293. The number of carbonyl (C=O) groups is 1. The molecule has 0 aliphatic carbocycles. The Morgan fingerprint density at radius 3 is 1.80 bits per heavy atom. The summed E-state index contributed by atoms with van der Waals surface area (Å²) in [5, 5.41) is 3.45. The smallest absolute Gasteiger partial charge is 0.255 e. The predicted octanol–water partition coefficient (Wildman–Crippen LogP) is 6.53. The van der Waals surface area contributed by atoms with Crippen molar-refractivity contribution in [3.05, 3.63) is 59.4 Å². The molecule has 0 aromatic heterocycles. The monoisotopic (exact) mass is 499 g/mol. The number of nitrogens with one attached hydrogen (secondary N) is 1. The van der Waals surface area contributed by atoms with E-state index in [1.807, 2.05) is 6.07 Å². The highest BCUT2D eigenvalue weighted by atomic mass is 79.9. The molecular weight excluding hydrogens is 497 g/mol. The summed E-state index contributed by atoms with van der Waals surface area (Å²) in [4.78, 5) is 12.2. The van der Waals surface area contributed by atoms with E-state index < -0.39 is 0 Å². The summed E-state index contributed by atoms with van der Waals surface area (Å²) >= 11 is 22.1. The number of benzene rings is 2. The molecule has 0 saturated heterocycles. The molecule has 1 amide bonds. The number of carbonyl (C=O) groups excluding carboxylic acids is 1. The van der Waals surface area contributed by atoms with Crippen LogP contribution in [0.1, 0.15) is 10.4 Å². The maximum Gasteiger partial charge on any atom is 0.255 e. The Balaban J connectivity index is 2.32. The van der Waals surface area contributed by atoms with E-state index in [0.29, 0.717) is 21.3 Å². The fourth-order valence-electron chi connectivity index (χ4n) is 1.53. The topological polar surface area (TPSA) is 29.1 Å². The van der Waals surface area contributed by atoms with Crippen molar-refractivity contribution in [2.24, 2.45) is 0 Å². The van der Waals surface area contributed by atoms with E-state index in [4.69, 9.17) is 23.2 Å². The first-order chi connectivity index (χ1) is 9.36. The van der Waals surface area contributed by atoms with E-state index in [-0.39, 0.29) is 5.91 Å². The second kappa shape index (κ2) is 6.79. The van der Waals surface area contributed by atoms with E-state index >= 15 is 0 Å². The molecule has 2 aromatic rings. The fourth-order valence-corrected chi connectivity index (χ4v) is 4.13. The van der Waals surface area contributed by atoms with Crippen LogP contribution in [0.5, 0.6) is 0 Å². The van der Waals surface area contributed by atoms with Crippen molar-refractivity contribution < 1.29 is 4.79 Å². The van der Waals surface area contributed by atoms with Gasteiger partial charge in [-0.15, -0.1) is 0 Å². The van der Waals surface area contributed by atoms with Crippen LogP contribution in [0, 0.1) is 0 Å². The lowest BCUT2D eigenvalue weighted by Crippen LogP contribution is -2.12. The lowest BCUT2D eigenvalue weighted by Gasteiger charge is -2.10. The van der Waals surface area contributed by atoms with Crippen molar-refractivity contribution in [1.82, 2.24) is 0 Å². The van der Waals surface area contributed by atoms with Crippen LogP contribution in [0.15, 0.2) is 43.7 Å². The quantitative estimate of drug-likeness (QED) is 0.497. The third kappa shape index (κ3) is 3.98. The highest BCUT2D eigenvalue weighted by Crippen LogP contribution is 2.34.